The summed E-state index contributed by atoms with van der Waals surface area (Å²) in [6, 6.07) is 18.4. The monoisotopic (exact) mass is 279 g/mol. The van der Waals surface area contributed by atoms with Crippen LogP contribution in [0, 0.1) is 11.8 Å². The molecule has 0 saturated heterocycles. The van der Waals surface area contributed by atoms with E-state index in [2.05, 4.69) is 36.1 Å². The largest absolute Gasteiger partial charge is 0.492 e. The summed E-state index contributed by atoms with van der Waals surface area (Å²) in [6.07, 6.45) is 3.26. The van der Waals surface area contributed by atoms with Crippen LogP contribution in [-0.4, -0.2) is 13.2 Å². The Morgan fingerprint density at radius 1 is 0.905 bits per heavy atom. The molecule has 2 aromatic carbocycles. The van der Waals surface area contributed by atoms with Crippen molar-refractivity contribution >= 4 is 0 Å². The second kappa shape index (κ2) is 8.84. The van der Waals surface area contributed by atoms with Crippen LogP contribution in [0.1, 0.15) is 24.0 Å². The fraction of sp³-hybridized carbons (Fsp3) is 0.263. The minimum atomic E-state index is 0.366. The molecule has 2 N–H and O–H groups in total. The number of rotatable bonds is 6. The number of unbranched alkanes of at least 4 members (excludes halogenated alkanes) is 1. The lowest BCUT2D eigenvalue weighted by Crippen LogP contribution is -2.00. The van der Waals surface area contributed by atoms with Gasteiger partial charge in [-0.1, -0.05) is 54.3 Å². The van der Waals surface area contributed by atoms with E-state index in [1.54, 1.807) is 0 Å². The lowest BCUT2D eigenvalue weighted by atomic mass is 10.1. The SMILES string of the molecule is NCC#Cc1ccccc1OCCCCc1ccccc1. The van der Waals surface area contributed by atoms with Gasteiger partial charge < -0.3 is 10.5 Å². The summed E-state index contributed by atoms with van der Waals surface area (Å²) in [7, 11) is 0. The molecule has 0 fully saturated rings. The van der Waals surface area contributed by atoms with Crippen molar-refractivity contribution in [1.29, 1.82) is 0 Å². The van der Waals surface area contributed by atoms with Crippen LogP contribution < -0.4 is 10.5 Å². The summed E-state index contributed by atoms with van der Waals surface area (Å²) < 4.78 is 5.83. The average molecular weight is 279 g/mol. The summed E-state index contributed by atoms with van der Waals surface area (Å²) in [6.45, 7) is 1.08. The lowest BCUT2D eigenvalue weighted by molar-refractivity contribution is 0.306. The topological polar surface area (TPSA) is 35.2 Å². The number of aryl methyl sites for hydroxylation is 1. The molecule has 2 heteroatoms. The molecule has 0 spiro atoms. The maximum Gasteiger partial charge on any atom is 0.134 e. The normalized spacial score (nSPS) is 9.76. The molecule has 0 aliphatic heterocycles. The molecule has 2 aromatic rings. The van der Waals surface area contributed by atoms with Crippen LogP contribution in [0.5, 0.6) is 5.75 Å². The van der Waals surface area contributed by atoms with Crippen molar-refractivity contribution in [1.82, 2.24) is 0 Å². The number of nitrogens with two attached hydrogens (primary N) is 1. The minimum absolute atomic E-state index is 0.366. The smallest absolute Gasteiger partial charge is 0.134 e. The van der Waals surface area contributed by atoms with Gasteiger partial charge in [-0.25, -0.2) is 0 Å². The molecule has 0 unspecified atom stereocenters. The van der Waals surface area contributed by atoms with Crippen molar-refractivity contribution in [2.45, 2.75) is 19.3 Å². The van der Waals surface area contributed by atoms with E-state index in [9.17, 15) is 0 Å². The van der Waals surface area contributed by atoms with Gasteiger partial charge in [-0.05, 0) is 37.0 Å². The molecule has 0 saturated carbocycles. The highest BCUT2D eigenvalue weighted by Crippen LogP contribution is 2.17. The van der Waals surface area contributed by atoms with Gasteiger partial charge in [-0.15, -0.1) is 0 Å². The molecule has 0 aliphatic rings. The Labute approximate surface area is 126 Å². The van der Waals surface area contributed by atoms with E-state index < -0.39 is 0 Å². The molecule has 0 radical (unpaired) electrons. The van der Waals surface area contributed by atoms with Crippen molar-refractivity contribution in [3.63, 3.8) is 0 Å². The maximum atomic E-state index is 5.83. The number of hydrogen-bond donors (Lipinski definition) is 1. The zero-order valence-corrected chi connectivity index (χ0v) is 12.2. The van der Waals surface area contributed by atoms with Crippen LogP contribution in [0.25, 0.3) is 0 Å². The minimum Gasteiger partial charge on any atom is -0.492 e. The molecule has 0 atom stereocenters. The Balaban J connectivity index is 1.76. The van der Waals surface area contributed by atoms with Gasteiger partial charge in [0.05, 0.1) is 18.7 Å². The summed E-state index contributed by atoms with van der Waals surface area (Å²) in [5, 5.41) is 0. The summed E-state index contributed by atoms with van der Waals surface area (Å²) in [5.41, 5.74) is 7.70. The third-order valence-electron chi connectivity index (χ3n) is 3.17. The average Bonchev–Trinajstić information content (AvgIpc) is 2.54. The van der Waals surface area contributed by atoms with Crippen LogP contribution >= 0.6 is 0 Å². The molecule has 108 valence electrons. The molecule has 2 nitrogen and oxygen atoms in total. The van der Waals surface area contributed by atoms with E-state index >= 15 is 0 Å². The molecule has 0 heterocycles. The predicted molar refractivity (Wildman–Crippen MR) is 87.2 cm³/mol. The van der Waals surface area contributed by atoms with Crippen LogP contribution in [-0.2, 0) is 6.42 Å². The third-order valence-corrected chi connectivity index (χ3v) is 3.17. The summed E-state index contributed by atoms with van der Waals surface area (Å²) >= 11 is 0. The number of benzene rings is 2. The molecule has 0 aliphatic carbocycles. The Morgan fingerprint density at radius 3 is 2.48 bits per heavy atom. The van der Waals surface area contributed by atoms with E-state index in [0.717, 1.165) is 30.6 Å². The van der Waals surface area contributed by atoms with Crippen molar-refractivity contribution in [3.05, 3.63) is 65.7 Å². The van der Waals surface area contributed by atoms with Gasteiger partial charge in [0.2, 0.25) is 0 Å². The first-order valence-electron chi connectivity index (χ1n) is 7.35. The van der Waals surface area contributed by atoms with Crippen molar-refractivity contribution in [3.8, 4) is 17.6 Å². The van der Waals surface area contributed by atoms with Crippen molar-refractivity contribution in [2.75, 3.05) is 13.2 Å². The highest BCUT2D eigenvalue weighted by molar-refractivity contribution is 5.45. The van der Waals surface area contributed by atoms with Crippen molar-refractivity contribution < 1.29 is 4.74 Å². The standard InChI is InChI=1S/C19H21NO/c20-15-8-13-18-12-4-5-14-19(18)21-16-7-6-11-17-9-2-1-3-10-17/h1-5,9-10,12,14H,6-7,11,15-16,20H2. The van der Waals surface area contributed by atoms with Crippen LogP contribution in [0.4, 0.5) is 0 Å². The van der Waals surface area contributed by atoms with Gasteiger partial charge in [-0.2, -0.15) is 0 Å². The van der Waals surface area contributed by atoms with E-state index in [1.807, 2.05) is 30.3 Å². The predicted octanol–water partition coefficient (Wildman–Crippen LogP) is 3.40. The highest BCUT2D eigenvalue weighted by Gasteiger charge is 2.00. The van der Waals surface area contributed by atoms with E-state index in [0.29, 0.717) is 13.2 Å². The first-order valence-corrected chi connectivity index (χ1v) is 7.35. The zero-order chi connectivity index (χ0) is 14.8. The van der Waals surface area contributed by atoms with Gasteiger partial charge in [0, 0.05) is 0 Å². The molecule has 0 bridgehead atoms. The fourth-order valence-corrected chi connectivity index (χ4v) is 2.10. The molecule has 0 aromatic heterocycles. The molecular weight excluding hydrogens is 258 g/mol. The van der Waals surface area contributed by atoms with E-state index in [4.69, 9.17) is 10.5 Å². The second-order valence-corrected chi connectivity index (χ2v) is 4.79. The first-order chi connectivity index (χ1) is 10.4. The first kappa shape index (κ1) is 15.2. The Morgan fingerprint density at radius 2 is 1.67 bits per heavy atom. The van der Waals surface area contributed by atoms with Crippen LogP contribution in [0.15, 0.2) is 54.6 Å². The Hall–Kier alpha value is -2.24. The number of hydrogen-bond acceptors (Lipinski definition) is 2. The van der Waals surface area contributed by atoms with Crippen LogP contribution in [0.2, 0.25) is 0 Å². The zero-order valence-electron chi connectivity index (χ0n) is 12.2. The van der Waals surface area contributed by atoms with Crippen molar-refractivity contribution in [2.24, 2.45) is 5.73 Å². The molecule has 21 heavy (non-hydrogen) atoms. The van der Waals surface area contributed by atoms with Gasteiger partial charge in [0.25, 0.3) is 0 Å². The molecule has 0 amide bonds. The van der Waals surface area contributed by atoms with Gasteiger partial charge in [0.1, 0.15) is 5.75 Å². The lowest BCUT2D eigenvalue weighted by Gasteiger charge is -2.08. The summed E-state index contributed by atoms with van der Waals surface area (Å²) in [4.78, 5) is 0. The fourth-order valence-electron chi connectivity index (χ4n) is 2.10. The van der Waals surface area contributed by atoms with Crippen LogP contribution in [0.3, 0.4) is 0 Å². The number of para-hydroxylation sites is 1. The second-order valence-electron chi connectivity index (χ2n) is 4.79. The maximum absolute atomic E-state index is 5.83. The number of ether oxygens (including phenoxy) is 1. The Bertz CT molecular complexity index is 596. The third kappa shape index (κ3) is 5.33. The van der Waals surface area contributed by atoms with E-state index in [-0.39, 0.29) is 0 Å². The quantitative estimate of drug-likeness (QED) is 0.650. The van der Waals surface area contributed by atoms with Gasteiger partial charge in [0.15, 0.2) is 0 Å². The Kier molecular flexibility index (Phi) is 6.38. The van der Waals surface area contributed by atoms with Gasteiger partial charge in [-0.3, -0.25) is 0 Å². The van der Waals surface area contributed by atoms with Gasteiger partial charge >= 0.3 is 0 Å². The summed E-state index contributed by atoms with van der Waals surface area (Å²) in [5.74, 6) is 6.75. The molecular formula is C19H21NO. The highest BCUT2D eigenvalue weighted by atomic mass is 16.5. The van der Waals surface area contributed by atoms with E-state index in [1.165, 1.54) is 5.56 Å². The molecule has 2 rings (SSSR count).